The fraction of sp³-hybridized carbons (Fsp3) is 0.300. The van der Waals surface area contributed by atoms with Crippen LogP contribution in [0.5, 0.6) is 0 Å². The fourth-order valence-electron chi connectivity index (χ4n) is 1.16. The molecule has 0 radical (unpaired) electrons. The molecule has 3 N–H and O–H groups in total. The fourth-order valence-corrected chi connectivity index (χ4v) is 1.16. The van der Waals surface area contributed by atoms with Crippen LogP contribution < -0.4 is 5.32 Å². The molecule has 94 valence electrons. The van der Waals surface area contributed by atoms with Crippen molar-refractivity contribution in [1.29, 1.82) is 5.41 Å². The van der Waals surface area contributed by atoms with Gasteiger partial charge in [-0.3, -0.25) is 10.2 Å². The number of carbonyl (C=O) groups is 2. The number of carbonyl (C=O) groups excluding carboxylic acids is 1. The van der Waals surface area contributed by atoms with Crippen LogP contribution in [0.1, 0.15) is 0 Å². The molecule has 1 amide bonds. The van der Waals surface area contributed by atoms with Crippen LogP contribution in [0.15, 0.2) is 9.98 Å². The number of amides is 1. The number of rotatable bonds is 6. The molecule has 0 aliphatic carbocycles. The Balaban J connectivity index is 2.91. The van der Waals surface area contributed by atoms with E-state index >= 15 is 0 Å². The zero-order chi connectivity index (χ0) is 13.5. The number of aliphatic imine (C=N–C) groups is 2. The van der Waals surface area contributed by atoms with Crippen molar-refractivity contribution in [2.45, 2.75) is 12.3 Å². The van der Waals surface area contributed by atoms with Gasteiger partial charge in [0, 0.05) is 0 Å². The average molecular weight is 250 g/mol. The van der Waals surface area contributed by atoms with Crippen LogP contribution in [-0.4, -0.2) is 54.1 Å². The third-order valence-electron chi connectivity index (χ3n) is 1.91. The van der Waals surface area contributed by atoms with E-state index in [0.29, 0.717) is 6.41 Å². The van der Waals surface area contributed by atoms with Gasteiger partial charge < -0.3 is 15.2 Å². The van der Waals surface area contributed by atoms with Crippen molar-refractivity contribution in [1.82, 2.24) is 5.32 Å². The van der Waals surface area contributed by atoms with Gasteiger partial charge in [0.15, 0.2) is 12.0 Å². The largest absolute Gasteiger partial charge is 0.479 e. The highest BCUT2D eigenvalue weighted by Crippen LogP contribution is 2.05. The van der Waals surface area contributed by atoms with E-state index < -0.39 is 18.2 Å². The number of nitrogens with zero attached hydrogens (tertiary/aromatic N) is 2. The first kappa shape index (κ1) is 13.5. The first-order valence-electron chi connectivity index (χ1n) is 4.78. The van der Waals surface area contributed by atoms with Crippen LogP contribution >= 0.6 is 0 Å². The quantitative estimate of drug-likeness (QED) is 0.398. The van der Waals surface area contributed by atoms with Crippen LogP contribution in [0, 0.1) is 17.8 Å². The lowest BCUT2D eigenvalue weighted by molar-refractivity contribution is -0.145. The van der Waals surface area contributed by atoms with Crippen LogP contribution in [0.25, 0.3) is 0 Å². The Bertz CT molecular complexity index is 463. The molecule has 0 saturated carbocycles. The Morgan fingerprint density at radius 1 is 1.83 bits per heavy atom. The Hall–Kier alpha value is -2.53. The van der Waals surface area contributed by atoms with E-state index in [1.165, 1.54) is 0 Å². The number of hydrogen-bond donors (Lipinski definition) is 3. The maximum atomic E-state index is 11.0. The summed E-state index contributed by atoms with van der Waals surface area (Å²) in [6, 6.07) is 0. The van der Waals surface area contributed by atoms with Crippen molar-refractivity contribution in [2.75, 3.05) is 6.61 Å². The molecule has 1 aliphatic heterocycles. The molecule has 0 aromatic rings. The predicted octanol–water partition coefficient (Wildman–Crippen LogP) is -1.34. The molecular formula is C10H10N4O4. The van der Waals surface area contributed by atoms with E-state index in [4.69, 9.17) is 21.7 Å². The first-order chi connectivity index (χ1) is 8.60. The number of nitrogens with one attached hydrogen (secondary N) is 2. The second-order valence-electron chi connectivity index (χ2n) is 3.12. The second kappa shape index (κ2) is 6.27. The van der Waals surface area contributed by atoms with Gasteiger partial charge in [-0.1, -0.05) is 5.92 Å². The lowest BCUT2D eigenvalue weighted by atomic mass is 10.2. The van der Waals surface area contributed by atoms with E-state index in [1.54, 1.807) is 0 Å². The molecule has 0 saturated heterocycles. The summed E-state index contributed by atoms with van der Waals surface area (Å²) in [5.41, 5.74) is -0.0630. The summed E-state index contributed by atoms with van der Waals surface area (Å²) in [5.74, 6) is 0.666. The van der Waals surface area contributed by atoms with Crippen molar-refractivity contribution in [3.8, 4) is 12.3 Å². The summed E-state index contributed by atoms with van der Waals surface area (Å²) in [5, 5.41) is 18.6. The Kier molecular flexibility index (Phi) is 4.71. The van der Waals surface area contributed by atoms with Crippen LogP contribution in [0.3, 0.4) is 0 Å². The highest BCUT2D eigenvalue weighted by atomic mass is 16.5. The molecule has 0 aromatic heterocycles. The lowest BCUT2D eigenvalue weighted by Gasteiger charge is -2.18. The summed E-state index contributed by atoms with van der Waals surface area (Å²) in [4.78, 5) is 28.8. The zero-order valence-corrected chi connectivity index (χ0v) is 9.16. The monoisotopic (exact) mass is 250 g/mol. The van der Waals surface area contributed by atoms with Crippen LogP contribution in [-0.2, 0) is 14.3 Å². The molecule has 0 aromatic carbocycles. The number of ether oxygens (including phenoxy) is 1. The van der Waals surface area contributed by atoms with Gasteiger partial charge in [-0.05, 0) is 0 Å². The first-order valence-corrected chi connectivity index (χ1v) is 4.78. The van der Waals surface area contributed by atoms with Crippen molar-refractivity contribution < 1.29 is 19.4 Å². The van der Waals surface area contributed by atoms with Crippen molar-refractivity contribution in [3.63, 3.8) is 0 Å². The average Bonchev–Trinajstić information content (AvgIpc) is 2.33. The summed E-state index contributed by atoms with van der Waals surface area (Å²) < 4.78 is 4.89. The molecule has 2 atom stereocenters. The summed E-state index contributed by atoms with van der Waals surface area (Å²) in [6.45, 7) is -0.214. The minimum Gasteiger partial charge on any atom is -0.479 e. The Labute approximate surface area is 102 Å². The summed E-state index contributed by atoms with van der Waals surface area (Å²) >= 11 is 0. The molecule has 1 heterocycles. The summed E-state index contributed by atoms with van der Waals surface area (Å²) in [7, 11) is 0. The number of carboxylic acids is 1. The molecular weight excluding hydrogens is 240 g/mol. The predicted molar refractivity (Wildman–Crippen MR) is 62.9 cm³/mol. The van der Waals surface area contributed by atoms with Crippen LogP contribution in [0.2, 0.25) is 0 Å². The molecule has 18 heavy (non-hydrogen) atoms. The van der Waals surface area contributed by atoms with E-state index in [0.717, 1.165) is 6.21 Å². The second-order valence-corrected chi connectivity index (χ2v) is 3.12. The van der Waals surface area contributed by atoms with E-state index in [-0.39, 0.29) is 18.2 Å². The Morgan fingerprint density at radius 2 is 2.56 bits per heavy atom. The van der Waals surface area contributed by atoms with Gasteiger partial charge in [0.25, 0.3) is 0 Å². The number of amidine groups is 1. The molecule has 0 bridgehead atoms. The van der Waals surface area contributed by atoms with Gasteiger partial charge in [0.05, 0.1) is 11.9 Å². The van der Waals surface area contributed by atoms with Gasteiger partial charge in [0.2, 0.25) is 12.5 Å². The van der Waals surface area contributed by atoms with E-state index in [2.05, 4.69) is 21.2 Å². The third-order valence-corrected chi connectivity index (χ3v) is 1.91. The van der Waals surface area contributed by atoms with E-state index in [1.807, 2.05) is 0 Å². The summed E-state index contributed by atoms with van der Waals surface area (Å²) in [6.07, 6.45) is 4.02. The van der Waals surface area contributed by atoms with Gasteiger partial charge in [0.1, 0.15) is 6.61 Å². The normalized spacial score (nSPS) is 19.6. The topological polar surface area (TPSA) is 124 Å². The van der Waals surface area contributed by atoms with Crippen molar-refractivity contribution in [2.24, 2.45) is 9.98 Å². The minimum atomic E-state index is -1.43. The molecule has 8 heteroatoms. The van der Waals surface area contributed by atoms with Gasteiger partial charge in [-0.15, -0.1) is 6.42 Å². The standard InChI is InChI=1S/C10H10N4O4/c1-2-3-18-7(10(16)17)9-12-4-6(11)8(14-9)13-5-15/h1,4-5,7-8,11H,3H2,(H,13,15)(H,16,17). The maximum Gasteiger partial charge on any atom is 0.340 e. The number of hydrogen-bond acceptors (Lipinski definition) is 6. The maximum absolute atomic E-state index is 11.0. The SMILES string of the molecule is C#CCOC(C(=O)O)C1=NC(NC=O)C(=N)C=N1. The molecule has 1 rings (SSSR count). The molecule has 2 unspecified atom stereocenters. The Morgan fingerprint density at radius 3 is 3.11 bits per heavy atom. The number of carboxylic acid groups (broad SMARTS) is 1. The lowest BCUT2D eigenvalue weighted by Crippen LogP contribution is -2.42. The number of terminal acetylenes is 1. The highest BCUT2D eigenvalue weighted by Gasteiger charge is 2.28. The molecule has 0 spiro atoms. The van der Waals surface area contributed by atoms with E-state index in [9.17, 15) is 9.59 Å². The number of aliphatic carboxylic acids is 1. The smallest absolute Gasteiger partial charge is 0.340 e. The van der Waals surface area contributed by atoms with Gasteiger partial charge in [-0.2, -0.15) is 0 Å². The zero-order valence-electron chi connectivity index (χ0n) is 9.16. The molecule has 0 fully saturated rings. The third kappa shape index (κ3) is 3.23. The van der Waals surface area contributed by atoms with Gasteiger partial charge >= 0.3 is 5.97 Å². The minimum absolute atomic E-state index is 0.0630. The van der Waals surface area contributed by atoms with Crippen molar-refractivity contribution in [3.05, 3.63) is 0 Å². The van der Waals surface area contributed by atoms with Crippen molar-refractivity contribution >= 4 is 30.1 Å². The highest BCUT2D eigenvalue weighted by molar-refractivity contribution is 6.35. The van der Waals surface area contributed by atoms with Gasteiger partial charge in [-0.25, -0.2) is 14.8 Å². The molecule has 1 aliphatic rings. The van der Waals surface area contributed by atoms with Crippen LogP contribution in [0.4, 0.5) is 0 Å². The molecule has 8 nitrogen and oxygen atoms in total.